The van der Waals surface area contributed by atoms with Crippen LogP contribution in [0.5, 0.6) is 11.5 Å². The van der Waals surface area contributed by atoms with E-state index in [1.165, 1.54) is 20.3 Å². The first-order chi connectivity index (χ1) is 9.92. The number of nitrogens with one attached hydrogen (secondary N) is 1. The van der Waals surface area contributed by atoms with Crippen molar-refractivity contribution in [3.8, 4) is 17.6 Å². The zero-order valence-electron chi connectivity index (χ0n) is 11.3. The third-order valence-corrected chi connectivity index (χ3v) is 3.03. The summed E-state index contributed by atoms with van der Waals surface area (Å²) in [4.78, 5) is 22.3. The Morgan fingerprint density at radius 3 is 2.43 bits per heavy atom. The minimum absolute atomic E-state index is 0.288. The van der Waals surface area contributed by atoms with Gasteiger partial charge in [0.05, 0.1) is 18.7 Å². The van der Waals surface area contributed by atoms with Crippen LogP contribution in [0.3, 0.4) is 0 Å². The van der Waals surface area contributed by atoms with Crippen molar-refractivity contribution >= 4 is 33.9 Å². The summed E-state index contributed by atoms with van der Waals surface area (Å²) in [6, 6.07) is 3.87. The Labute approximate surface area is 129 Å². The van der Waals surface area contributed by atoms with Crippen LogP contribution in [-0.2, 0) is 4.79 Å². The van der Waals surface area contributed by atoms with E-state index < -0.39 is 11.9 Å². The Morgan fingerprint density at radius 1 is 1.33 bits per heavy atom. The number of imide groups is 1. The second-order valence-electron chi connectivity index (χ2n) is 3.72. The third kappa shape index (κ3) is 4.22. The van der Waals surface area contributed by atoms with Crippen LogP contribution in [0.2, 0.25) is 0 Å². The molecule has 0 fully saturated rings. The molecular weight excluding hydrogens is 342 g/mol. The maximum atomic E-state index is 11.6. The van der Waals surface area contributed by atoms with Gasteiger partial charge in [0.25, 0.3) is 5.91 Å². The molecule has 0 aliphatic heterocycles. The lowest BCUT2D eigenvalue weighted by Gasteiger charge is -2.10. The molecule has 0 spiro atoms. The lowest BCUT2D eigenvalue weighted by Crippen LogP contribution is -2.35. The van der Waals surface area contributed by atoms with Crippen molar-refractivity contribution in [2.75, 3.05) is 14.2 Å². The number of rotatable bonds is 4. The van der Waals surface area contributed by atoms with Crippen molar-refractivity contribution in [3.63, 3.8) is 0 Å². The van der Waals surface area contributed by atoms with Crippen molar-refractivity contribution in [1.82, 2.24) is 5.32 Å². The molecule has 110 valence electrons. The van der Waals surface area contributed by atoms with Crippen molar-refractivity contribution in [3.05, 3.63) is 27.7 Å². The molecule has 0 heterocycles. The molecule has 1 rings (SSSR count). The fourth-order valence-corrected chi connectivity index (χ4v) is 2.00. The highest BCUT2D eigenvalue weighted by Gasteiger charge is 2.14. The number of hydrogen-bond donors (Lipinski definition) is 2. The number of benzene rings is 1. The van der Waals surface area contributed by atoms with E-state index in [4.69, 9.17) is 20.5 Å². The summed E-state index contributed by atoms with van der Waals surface area (Å²) in [7, 11) is 2.94. The molecule has 7 nitrogen and oxygen atoms in total. The molecule has 21 heavy (non-hydrogen) atoms. The van der Waals surface area contributed by atoms with Gasteiger partial charge in [-0.15, -0.1) is 0 Å². The van der Waals surface area contributed by atoms with Crippen LogP contribution < -0.4 is 20.5 Å². The van der Waals surface area contributed by atoms with E-state index in [0.717, 1.165) is 0 Å². The highest BCUT2D eigenvalue weighted by molar-refractivity contribution is 9.10. The van der Waals surface area contributed by atoms with Crippen molar-refractivity contribution in [1.29, 1.82) is 5.26 Å². The van der Waals surface area contributed by atoms with Gasteiger partial charge in [0.2, 0.25) is 0 Å². The monoisotopic (exact) mass is 353 g/mol. The number of carbonyl (C=O) groups is 2. The van der Waals surface area contributed by atoms with E-state index >= 15 is 0 Å². The lowest BCUT2D eigenvalue weighted by atomic mass is 10.1. The molecule has 1 aromatic rings. The molecule has 0 aliphatic rings. The topological polar surface area (TPSA) is 114 Å². The predicted molar refractivity (Wildman–Crippen MR) is 78.6 cm³/mol. The zero-order chi connectivity index (χ0) is 16.0. The van der Waals surface area contributed by atoms with Crippen LogP contribution in [0.4, 0.5) is 4.79 Å². The van der Waals surface area contributed by atoms with Gasteiger partial charge in [0.15, 0.2) is 0 Å². The maximum absolute atomic E-state index is 11.6. The van der Waals surface area contributed by atoms with Gasteiger partial charge in [-0.05, 0) is 28.1 Å². The average Bonchev–Trinajstić information content (AvgIpc) is 2.43. The van der Waals surface area contributed by atoms with Gasteiger partial charge in [-0.25, -0.2) is 4.79 Å². The fourth-order valence-electron chi connectivity index (χ4n) is 1.48. The molecule has 8 heteroatoms. The summed E-state index contributed by atoms with van der Waals surface area (Å²) in [6.45, 7) is 0. The molecule has 0 saturated heterocycles. The maximum Gasteiger partial charge on any atom is 0.319 e. The summed E-state index contributed by atoms with van der Waals surface area (Å²) < 4.78 is 10.9. The number of nitrogens with two attached hydrogens (primary N) is 1. The first kappa shape index (κ1) is 16.5. The van der Waals surface area contributed by atoms with Crippen LogP contribution >= 0.6 is 15.9 Å². The quantitative estimate of drug-likeness (QED) is 0.629. The van der Waals surface area contributed by atoms with Gasteiger partial charge in [0, 0.05) is 11.6 Å². The Balaban J connectivity index is 3.29. The summed E-state index contributed by atoms with van der Waals surface area (Å²) in [5.41, 5.74) is 5.01. The number of amides is 3. The number of nitriles is 1. The number of methoxy groups -OCH3 is 2. The summed E-state index contributed by atoms with van der Waals surface area (Å²) in [5, 5.41) is 10.8. The summed E-state index contributed by atoms with van der Waals surface area (Å²) in [5.74, 6) is 0.0396. The number of halogens is 1. The summed E-state index contributed by atoms with van der Waals surface area (Å²) >= 11 is 3.29. The van der Waals surface area contributed by atoms with Crippen molar-refractivity contribution in [2.45, 2.75) is 0 Å². The number of urea groups is 1. The third-order valence-electron chi connectivity index (χ3n) is 2.41. The van der Waals surface area contributed by atoms with Crippen LogP contribution in [0.25, 0.3) is 6.08 Å². The number of ether oxygens (including phenoxy) is 2. The zero-order valence-corrected chi connectivity index (χ0v) is 12.9. The van der Waals surface area contributed by atoms with Crippen molar-refractivity contribution in [2.24, 2.45) is 5.73 Å². The van der Waals surface area contributed by atoms with Crippen LogP contribution in [0, 0.1) is 11.3 Å². The SMILES string of the molecule is COc1cc(OC)c(/C=C(/C#N)C(=O)NC(N)=O)cc1Br. The van der Waals surface area contributed by atoms with Gasteiger partial charge < -0.3 is 15.2 Å². The number of carbonyl (C=O) groups excluding carboxylic acids is 2. The van der Waals surface area contributed by atoms with E-state index in [0.29, 0.717) is 21.5 Å². The molecule has 0 aromatic heterocycles. The molecule has 0 aliphatic carbocycles. The first-order valence-corrected chi connectivity index (χ1v) is 6.36. The van der Waals surface area contributed by atoms with Gasteiger partial charge in [-0.2, -0.15) is 5.26 Å². The molecule has 1 aromatic carbocycles. The molecule has 0 atom stereocenters. The van der Waals surface area contributed by atoms with E-state index in [2.05, 4.69) is 15.9 Å². The molecular formula is C13H12BrN3O4. The van der Waals surface area contributed by atoms with Gasteiger partial charge >= 0.3 is 6.03 Å². The molecule has 0 unspecified atom stereocenters. The Kier molecular flexibility index (Phi) is 5.75. The number of hydrogen-bond acceptors (Lipinski definition) is 5. The summed E-state index contributed by atoms with van der Waals surface area (Å²) in [6.07, 6.45) is 1.28. The van der Waals surface area contributed by atoms with Gasteiger partial charge in [-0.1, -0.05) is 0 Å². The average molecular weight is 354 g/mol. The Morgan fingerprint density at radius 2 is 1.95 bits per heavy atom. The van der Waals surface area contributed by atoms with Crippen LogP contribution in [-0.4, -0.2) is 26.2 Å². The second-order valence-corrected chi connectivity index (χ2v) is 4.57. The minimum Gasteiger partial charge on any atom is -0.496 e. The van der Waals surface area contributed by atoms with E-state index in [-0.39, 0.29) is 5.57 Å². The minimum atomic E-state index is -1.04. The van der Waals surface area contributed by atoms with Crippen molar-refractivity contribution < 1.29 is 19.1 Å². The van der Waals surface area contributed by atoms with Gasteiger partial charge in [-0.3, -0.25) is 10.1 Å². The molecule has 3 amide bonds. The lowest BCUT2D eigenvalue weighted by molar-refractivity contribution is -0.115. The molecule has 3 N–H and O–H groups in total. The molecule has 0 saturated carbocycles. The second kappa shape index (κ2) is 7.31. The smallest absolute Gasteiger partial charge is 0.319 e. The Hall–Kier alpha value is -2.53. The highest BCUT2D eigenvalue weighted by Crippen LogP contribution is 2.33. The van der Waals surface area contributed by atoms with Gasteiger partial charge in [0.1, 0.15) is 23.1 Å². The first-order valence-electron chi connectivity index (χ1n) is 5.57. The van der Waals surface area contributed by atoms with E-state index in [1.54, 1.807) is 18.2 Å². The molecule has 0 radical (unpaired) electrons. The standard InChI is InChI=1S/C13H12BrN3O4/c1-20-10-5-11(21-2)9(14)4-7(10)3-8(6-15)12(18)17-13(16)19/h3-5H,1-2H3,(H3,16,17,18,19)/b8-3-. The number of nitrogens with zero attached hydrogens (tertiary/aromatic N) is 1. The Bertz CT molecular complexity index is 650. The molecule has 0 bridgehead atoms. The fraction of sp³-hybridized carbons (Fsp3) is 0.154. The van der Waals surface area contributed by atoms with Crippen LogP contribution in [0.1, 0.15) is 5.56 Å². The highest BCUT2D eigenvalue weighted by atomic mass is 79.9. The van der Waals surface area contributed by atoms with E-state index in [9.17, 15) is 9.59 Å². The largest absolute Gasteiger partial charge is 0.496 e. The van der Waals surface area contributed by atoms with Crippen LogP contribution in [0.15, 0.2) is 22.2 Å². The number of primary amides is 1. The van der Waals surface area contributed by atoms with E-state index in [1.807, 2.05) is 5.32 Å². The normalized spacial score (nSPS) is 10.5. The predicted octanol–water partition coefficient (Wildman–Crippen LogP) is 1.57.